The van der Waals surface area contributed by atoms with Gasteiger partial charge in [0, 0.05) is 5.71 Å². The molecule has 1 heterocycles. The average molecular weight is 403 g/mol. The van der Waals surface area contributed by atoms with Crippen molar-refractivity contribution in [2.75, 3.05) is 0 Å². The van der Waals surface area contributed by atoms with E-state index in [2.05, 4.69) is 5.10 Å². The number of hydrogen-bond acceptors (Lipinski definition) is 3. The van der Waals surface area contributed by atoms with Crippen LogP contribution >= 0.6 is 11.6 Å². The topological polar surface area (TPSA) is 52.9 Å². The highest BCUT2D eigenvalue weighted by Crippen LogP contribution is 2.52. The molecule has 0 saturated heterocycles. The lowest BCUT2D eigenvalue weighted by molar-refractivity contribution is -0.314. The number of hydrogen-bond donors (Lipinski definition) is 1. The smallest absolute Gasteiger partial charge is 0.362 e. The van der Waals surface area contributed by atoms with Crippen molar-refractivity contribution in [1.29, 1.82) is 0 Å². The van der Waals surface area contributed by atoms with E-state index in [-0.39, 0.29) is 39.1 Å². The number of alkyl halides is 3. The van der Waals surface area contributed by atoms with E-state index in [0.717, 1.165) is 0 Å². The third-order valence-electron chi connectivity index (χ3n) is 5.65. The normalized spacial score (nSPS) is 28.7. The monoisotopic (exact) mass is 402 g/mol. The predicted molar refractivity (Wildman–Crippen MR) is 96.3 cm³/mol. The highest BCUT2D eigenvalue weighted by atomic mass is 35.5. The van der Waals surface area contributed by atoms with Gasteiger partial charge in [0.2, 0.25) is 0 Å². The van der Waals surface area contributed by atoms with Crippen LogP contribution in [-0.4, -0.2) is 33.6 Å². The number of amides is 1. The molecule has 1 aliphatic heterocycles. The van der Waals surface area contributed by atoms with Gasteiger partial charge in [0.05, 0.1) is 16.5 Å². The van der Waals surface area contributed by atoms with Crippen molar-refractivity contribution >= 4 is 23.2 Å². The van der Waals surface area contributed by atoms with Gasteiger partial charge in [0.25, 0.3) is 11.6 Å². The van der Waals surface area contributed by atoms with Gasteiger partial charge in [-0.05, 0) is 42.7 Å². The number of carbonyl (C=O) groups excluding carboxylic acids is 1. The Morgan fingerprint density at radius 3 is 2.48 bits per heavy atom. The minimum absolute atomic E-state index is 0.00895. The van der Waals surface area contributed by atoms with E-state index in [0.29, 0.717) is 12.8 Å². The van der Waals surface area contributed by atoms with Crippen LogP contribution in [0, 0.1) is 17.3 Å². The van der Waals surface area contributed by atoms with Gasteiger partial charge < -0.3 is 5.11 Å². The predicted octanol–water partition coefficient (Wildman–Crippen LogP) is 4.87. The van der Waals surface area contributed by atoms with Crippen LogP contribution in [0.3, 0.4) is 0 Å². The molecule has 0 radical (unpaired) electrons. The van der Waals surface area contributed by atoms with Crippen molar-refractivity contribution in [2.24, 2.45) is 22.4 Å². The summed E-state index contributed by atoms with van der Waals surface area (Å²) in [5, 5.41) is 14.9. The van der Waals surface area contributed by atoms with Crippen molar-refractivity contribution < 1.29 is 23.1 Å². The van der Waals surface area contributed by atoms with Crippen LogP contribution in [0.15, 0.2) is 29.4 Å². The van der Waals surface area contributed by atoms with Crippen LogP contribution in [0.4, 0.5) is 13.2 Å². The summed E-state index contributed by atoms with van der Waals surface area (Å²) < 4.78 is 42.0. The van der Waals surface area contributed by atoms with Gasteiger partial charge in [-0.15, -0.1) is 0 Å². The van der Waals surface area contributed by atoms with Gasteiger partial charge in [-0.3, -0.25) is 4.79 Å². The van der Waals surface area contributed by atoms with Gasteiger partial charge in [0.15, 0.2) is 0 Å². The van der Waals surface area contributed by atoms with Crippen LogP contribution < -0.4 is 0 Å². The van der Waals surface area contributed by atoms with E-state index < -0.39 is 23.7 Å². The van der Waals surface area contributed by atoms with E-state index in [9.17, 15) is 23.1 Å². The SMILES string of the molecule is CC(C)(C)[C@@H]1CCC2=NN(C(=O)c3ccccc3Cl)[C@](O)(C(F)(F)F)[C@H]2C1. The lowest BCUT2D eigenvalue weighted by Crippen LogP contribution is -2.62. The highest BCUT2D eigenvalue weighted by molar-refractivity contribution is 6.33. The molecule has 1 aromatic carbocycles. The molecule has 2 aliphatic rings. The van der Waals surface area contributed by atoms with Crippen molar-refractivity contribution in [3.05, 3.63) is 34.9 Å². The second kappa shape index (κ2) is 6.48. The molecule has 1 fully saturated rings. The number of nitrogens with zero attached hydrogens (tertiary/aromatic N) is 2. The largest absolute Gasteiger partial charge is 0.439 e. The maximum Gasteiger partial charge on any atom is 0.439 e. The number of fused-ring (bicyclic) bond motifs is 1. The minimum Gasteiger partial charge on any atom is -0.362 e. The zero-order chi connectivity index (χ0) is 20.2. The summed E-state index contributed by atoms with van der Waals surface area (Å²) in [5.41, 5.74) is -3.49. The molecule has 1 aromatic rings. The number of halogens is 4. The van der Waals surface area contributed by atoms with Gasteiger partial charge in [-0.1, -0.05) is 44.5 Å². The van der Waals surface area contributed by atoms with E-state index in [1.165, 1.54) is 18.2 Å². The standard InChI is InChI=1S/C19H22ClF3N2O2/c1-17(2,3)11-8-9-15-13(10-11)18(27,19(21,22)23)25(24-15)16(26)12-6-4-5-7-14(12)20/h4-7,11,13,27H,8-10H2,1-3H3/t11-,13+,18-/m1/s1. The van der Waals surface area contributed by atoms with E-state index in [1.54, 1.807) is 6.07 Å². The molecular weight excluding hydrogens is 381 g/mol. The van der Waals surface area contributed by atoms with Crippen molar-refractivity contribution in [3.8, 4) is 0 Å². The zero-order valence-corrected chi connectivity index (χ0v) is 16.1. The highest BCUT2D eigenvalue weighted by Gasteiger charge is 2.69. The fraction of sp³-hybridized carbons (Fsp3) is 0.579. The van der Waals surface area contributed by atoms with E-state index >= 15 is 0 Å². The molecule has 0 bridgehead atoms. The number of aliphatic hydroxyl groups is 1. The van der Waals surface area contributed by atoms with Crippen LogP contribution in [0.2, 0.25) is 5.02 Å². The van der Waals surface area contributed by atoms with E-state index in [1.807, 2.05) is 20.8 Å². The molecular formula is C19H22ClF3N2O2. The second-order valence-corrected chi connectivity index (χ2v) is 8.71. The Kier molecular flexibility index (Phi) is 4.84. The number of rotatable bonds is 1. The molecule has 1 saturated carbocycles. The molecule has 0 aromatic heterocycles. The lowest BCUT2D eigenvalue weighted by Gasteiger charge is -2.42. The number of carbonyl (C=O) groups is 1. The summed E-state index contributed by atoms with van der Waals surface area (Å²) in [6.07, 6.45) is -3.96. The summed E-state index contributed by atoms with van der Waals surface area (Å²) in [4.78, 5) is 12.8. The van der Waals surface area contributed by atoms with Crippen LogP contribution in [0.5, 0.6) is 0 Å². The summed E-state index contributed by atoms with van der Waals surface area (Å²) in [6.45, 7) is 5.90. The second-order valence-electron chi connectivity index (χ2n) is 8.30. The first-order valence-corrected chi connectivity index (χ1v) is 9.20. The Morgan fingerprint density at radius 1 is 1.30 bits per heavy atom. The first-order chi connectivity index (χ1) is 12.4. The summed E-state index contributed by atoms with van der Waals surface area (Å²) in [7, 11) is 0. The number of benzene rings is 1. The molecule has 148 valence electrons. The first kappa shape index (κ1) is 20.1. The molecule has 1 N–H and O–H groups in total. The maximum atomic E-state index is 14.0. The Balaban J connectivity index is 2.04. The van der Waals surface area contributed by atoms with Crippen LogP contribution in [0.1, 0.15) is 50.4 Å². The summed E-state index contributed by atoms with van der Waals surface area (Å²) >= 11 is 5.98. The molecule has 27 heavy (non-hydrogen) atoms. The van der Waals surface area contributed by atoms with Crippen molar-refractivity contribution in [2.45, 2.75) is 51.9 Å². The van der Waals surface area contributed by atoms with Crippen LogP contribution in [0.25, 0.3) is 0 Å². The Bertz CT molecular complexity index is 788. The Labute approximate surface area is 161 Å². The zero-order valence-electron chi connectivity index (χ0n) is 15.3. The molecule has 0 unspecified atom stereocenters. The molecule has 1 amide bonds. The molecule has 3 rings (SSSR count). The van der Waals surface area contributed by atoms with Gasteiger partial charge in [-0.2, -0.15) is 23.3 Å². The Hall–Kier alpha value is -1.60. The van der Waals surface area contributed by atoms with Crippen molar-refractivity contribution in [3.63, 3.8) is 0 Å². The molecule has 0 spiro atoms. The van der Waals surface area contributed by atoms with Crippen molar-refractivity contribution in [1.82, 2.24) is 5.01 Å². The van der Waals surface area contributed by atoms with Gasteiger partial charge in [-0.25, -0.2) is 0 Å². The first-order valence-electron chi connectivity index (χ1n) is 8.83. The van der Waals surface area contributed by atoms with Crippen LogP contribution in [-0.2, 0) is 0 Å². The van der Waals surface area contributed by atoms with Gasteiger partial charge in [0.1, 0.15) is 0 Å². The molecule has 8 heteroatoms. The average Bonchev–Trinajstić information content (AvgIpc) is 2.87. The fourth-order valence-electron chi connectivity index (χ4n) is 3.96. The molecule has 4 nitrogen and oxygen atoms in total. The third-order valence-corrected chi connectivity index (χ3v) is 5.98. The minimum atomic E-state index is -5.06. The molecule has 1 aliphatic carbocycles. The van der Waals surface area contributed by atoms with E-state index in [4.69, 9.17) is 11.6 Å². The lowest BCUT2D eigenvalue weighted by atomic mass is 9.66. The van der Waals surface area contributed by atoms with Gasteiger partial charge >= 0.3 is 6.18 Å². The number of hydrazone groups is 1. The summed E-state index contributed by atoms with van der Waals surface area (Å²) in [5.74, 6) is -2.36. The molecule has 3 atom stereocenters. The quantitative estimate of drug-likeness (QED) is 0.729. The summed E-state index contributed by atoms with van der Waals surface area (Å²) in [6, 6.07) is 5.80. The maximum absolute atomic E-state index is 14.0. The third kappa shape index (κ3) is 3.25. The Morgan fingerprint density at radius 2 is 1.93 bits per heavy atom. The fourth-order valence-corrected chi connectivity index (χ4v) is 4.17.